The number of unbranched alkanes of at least 4 members (excludes halogenated alkanes) is 20. The molecule has 6 heteroatoms. The molecular weight excluding hydrogens is 516 g/mol. The van der Waals surface area contributed by atoms with Gasteiger partial charge in [-0.1, -0.05) is 149 Å². The summed E-state index contributed by atoms with van der Waals surface area (Å²) in [5.41, 5.74) is -2.78. The standard InChI is InChI=1S/C35H66O6/c1-4-7-10-13-14-15-16-17-18-19-20-23-26-29-32(38)35(41,33(39)30(36)27-24-21-11-8-5-2)34(40)31(37)28-25-22-12-9-6-3/h33-34,39-41H,4-29H2,1-3H3. The fourth-order valence-electron chi connectivity index (χ4n) is 5.53. The van der Waals surface area contributed by atoms with Gasteiger partial charge in [-0.15, -0.1) is 0 Å². The number of rotatable bonds is 31. The number of aliphatic hydroxyl groups excluding tert-OH is 2. The molecule has 0 aliphatic rings. The fraction of sp³-hybridized carbons (Fsp3) is 0.914. The van der Waals surface area contributed by atoms with E-state index in [9.17, 15) is 29.7 Å². The molecule has 0 aromatic rings. The van der Waals surface area contributed by atoms with E-state index in [2.05, 4.69) is 20.8 Å². The molecule has 3 N–H and O–H groups in total. The summed E-state index contributed by atoms with van der Waals surface area (Å²) in [5, 5.41) is 33.0. The normalized spacial score (nSPS) is 14.5. The van der Waals surface area contributed by atoms with E-state index in [0.717, 1.165) is 70.6 Å². The molecule has 0 aromatic carbocycles. The minimum Gasteiger partial charge on any atom is -0.382 e. The highest BCUT2D eigenvalue weighted by atomic mass is 16.4. The summed E-state index contributed by atoms with van der Waals surface area (Å²) in [7, 11) is 0. The molecule has 0 aliphatic heterocycles. The number of carbonyl (C=O) groups is 3. The van der Waals surface area contributed by atoms with E-state index in [-0.39, 0.29) is 19.3 Å². The van der Waals surface area contributed by atoms with E-state index >= 15 is 0 Å². The summed E-state index contributed by atoms with van der Waals surface area (Å²) in [5.74, 6) is -2.17. The summed E-state index contributed by atoms with van der Waals surface area (Å²) >= 11 is 0. The quantitative estimate of drug-likeness (QED) is 0.0708. The third-order valence-electron chi connectivity index (χ3n) is 8.45. The van der Waals surface area contributed by atoms with Crippen LogP contribution in [0.3, 0.4) is 0 Å². The molecule has 0 aliphatic carbocycles. The van der Waals surface area contributed by atoms with E-state index < -0.39 is 35.2 Å². The van der Waals surface area contributed by atoms with Gasteiger partial charge >= 0.3 is 0 Å². The largest absolute Gasteiger partial charge is 0.382 e. The second-order valence-electron chi connectivity index (χ2n) is 12.3. The van der Waals surface area contributed by atoms with Crippen LogP contribution in [0, 0.1) is 0 Å². The summed E-state index contributed by atoms with van der Waals surface area (Å²) in [6, 6.07) is 0. The van der Waals surface area contributed by atoms with Crippen LogP contribution < -0.4 is 0 Å². The number of carbonyl (C=O) groups excluding carboxylic acids is 3. The average Bonchev–Trinajstić information content (AvgIpc) is 2.97. The number of hydrogen-bond acceptors (Lipinski definition) is 6. The van der Waals surface area contributed by atoms with Crippen LogP contribution in [0.5, 0.6) is 0 Å². The second kappa shape index (κ2) is 26.5. The van der Waals surface area contributed by atoms with E-state index in [1.807, 2.05) is 0 Å². The molecule has 0 aromatic heterocycles. The van der Waals surface area contributed by atoms with Crippen LogP contribution in [0.15, 0.2) is 0 Å². The van der Waals surface area contributed by atoms with Crippen LogP contribution in [-0.2, 0) is 14.4 Å². The molecule has 0 spiro atoms. The maximum Gasteiger partial charge on any atom is 0.189 e. The molecule has 0 amide bonds. The number of Topliss-reactive ketones (excluding diaryl/α,β-unsaturated/α-hetero) is 3. The lowest BCUT2D eigenvalue weighted by atomic mass is 9.78. The zero-order chi connectivity index (χ0) is 30.8. The maximum atomic E-state index is 13.2. The van der Waals surface area contributed by atoms with Gasteiger partial charge in [-0.2, -0.15) is 0 Å². The molecule has 0 bridgehead atoms. The van der Waals surface area contributed by atoms with Crippen LogP contribution in [0.2, 0.25) is 0 Å². The molecule has 0 heterocycles. The van der Waals surface area contributed by atoms with Gasteiger partial charge in [-0.25, -0.2) is 0 Å². The molecule has 0 radical (unpaired) electrons. The van der Waals surface area contributed by atoms with Gasteiger partial charge in [0.05, 0.1) is 0 Å². The highest BCUT2D eigenvalue weighted by Gasteiger charge is 2.53. The van der Waals surface area contributed by atoms with Gasteiger partial charge in [0.25, 0.3) is 0 Å². The zero-order valence-electron chi connectivity index (χ0n) is 27.1. The first kappa shape index (κ1) is 39.9. The number of aliphatic hydroxyl groups is 3. The third kappa shape index (κ3) is 18.2. The van der Waals surface area contributed by atoms with Crippen molar-refractivity contribution in [2.75, 3.05) is 0 Å². The first-order valence-corrected chi connectivity index (χ1v) is 17.4. The molecule has 242 valence electrons. The Kier molecular flexibility index (Phi) is 25.8. The van der Waals surface area contributed by atoms with Gasteiger partial charge in [-0.05, 0) is 19.3 Å². The summed E-state index contributed by atoms with van der Waals surface area (Å²) in [4.78, 5) is 38.8. The molecule has 41 heavy (non-hydrogen) atoms. The first-order chi connectivity index (χ1) is 19.8. The van der Waals surface area contributed by atoms with Crippen molar-refractivity contribution < 1.29 is 29.7 Å². The van der Waals surface area contributed by atoms with Crippen LogP contribution in [0.1, 0.15) is 188 Å². The van der Waals surface area contributed by atoms with Crippen LogP contribution in [0.25, 0.3) is 0 Å². The predicted molar refractivity (Wildman–Crippen MR) is 169 cm³/mol. The Hall–Kier alpha value is -1.11. The Labute approximate surface area is 252 Å². The van der Waals surface area contributed by atoms with E-state index in [0.29, 0.717) is 19.3 Å². The van der Waals surface area contributed by atoms with Gasteiger partial charge in [0.2, 0.25) is 0 Å². The average molecular weight is 583 g/mol. The Morgan fingerprint density at radius 1 is 0.439 bits per heavy atom. The summed E-state index contributed by atoms with van der Waals surface area (Å²) in [6.45, 7) is 6.43. The topological polar surface area (TPSA) is 112 Å². The van der Waals surface area contributed by atoms with Gasteiger partial charge in [0.1, 0.15) is 0 Å². The summed E-state index contributed by atoms with van der Waals surface area (Å²) < 4.78 is 0. The van der Waals surface area contributed by atoms with Gasteiger partial charge in [0, 0.05) is 19.3 Å². The van der Waals surface area contributed by atoms with Crippen molar-refractivity contribution in [1.29, 1.82) is 0 Å². The van der Waals surface area contributed by atoms with Gasteiger partial charge in [0.15, 0.2) is 35.2 Å². The smallest absolute Gasteiger partial charge is 0.189 e. The van der Waals surface area contributed by atoms with Crippen molar-refractivity contribution >= 4 is 17.3 Å². The molecule has 2 unspecified atom stereocenters. The zero-order valence-corrected chi connectivity index (χ0v) is 27.1. The minimum absolute atomic E-state index is 0.0111. The second-order valence-corrected chi connectivity index (χ2v) is 12.3. The Morgan fingerprint density at radius 3 is 0.976 bits per heavy atom. The van der Waals surface area contributed by atoms with E-state index in [4.69, 9.17) is 0 Å². The van der Waals surface area contributed by atoms with Gasteiger partial charge in [-0.3, -0.25) is 14.4 Å². The first-order valence-electron chi connectivity index (χ1n) is 17.4. The lowest BCUT2D eigenvalue weighted by Gasteiger charge is -2.34. The summed E-state index contributed by atoms with van der Waals surface area (Å²) in [6.07, 6.45) is 19.6. The molecule has 0 rings (SSSR count). The van der Waals surface area contributed by atoms with Crippen LogP contribution in [0.4, 0.5) is 0 Å². The molecule has 0 fully saturated rings. The van der Waals surface area contributed by atoms with Crippen molar-refractivity contribution in [2.24, 2.45) is 0 Å². The maximum absolute atomic E-state index is 13.2. The Morgan fingerprint density at radius 2 is 0.683 bits per heavy atom. The fourth-order valence-corrected chi connectivity index (χ4v) is 5.53. The van der Waals surface area contributed by atoms with Crippen molar-refractivity contribution in [2.45, 2.75) is 206 Å². The molecule has 2 atom stereocenters. The lowest BCUT2D eigenvalue weighted by Crippen LogP contribution is -2.63. The Balaban J connectivity index is 4.80. The van der Waals surface area contributed by atoms with Crippen molar-refractivity contribution in [3.8, 4) is 0 Å². The molecule has 0 saturated heterocycles. The lowest BCUT2D eigenvalue weighted by molar-refractivity contribution is -0.181. The highest BCUT2D eigenvalue weighted by molar-refractivity contribution is 6.01. The van der Waals surface area contributed by atoms with E-state index in [1.54, 1.807) is 0 Å². The molecule has 0 saturated carbocycles. The SMILES string of the molecule is CCCCCCCCCCCCCCCC(=O)C(O)(C(O)C(=O)CCCCCCC)C(O)C(=O)CCCCCCC. The number of ketones is 3. The van der Waals surface area contributed by atoms with Gasteiger partial charge < -0.3 is 15.3 Å². The van der Waals surface area contributed by atoms with E-state index in [1.165, 1.54) is 57.8 Å². The number of hydrogen-bond donors (Lipinski definition) is 3. The van der Waals surface area contributed by atoms with Crippen molar-refractivity contribution in [1.82, 2.24) is 0 Å². The van der Waals surface area contributed by atoms with Crippen LogP contribution in [-0.4, -0.2) is 50.5 Å². The van der Waals surface area contributed by atoms with Crippen LogP contribution >= 0.6 is 0 Å². The molecular formula is C35H66O6. The monoisotopic (exact) mass is 582 g/mol. The Bertz CT molecular complexity index is 629. The van der Waals surface area contributed by atoms with Crippen molar-refractivity contribution in [3.63, 3.8) is 0 Å². The molecule has 6 nitrogen and oxygen atoms in total. The third-order valence-corrected chi connectivity index (χ3v) is 8.45. The minimum atomic E-state index is -2.78. The van der Waals surface area contributed by atoms with Crippen molar-refractivity contribution in [3.05, 3.63) is 0 Å². The highest BCUT2D eigenvalue weighted by Crippen LogP contribution is 2.26. The predicted octanol–water partition coefficient (Wildman–Crippen LogP) is 8.35.